The Morgan fingerprint density at radius 1 is 0.979 bits per heavy atom. The van der Waals surface area contributed by atoms with E-state index in [-0.39, 0.29) is 81.0 Å². The number of nitrogens with zero attached hydrogens (tertiary/aromatic N) is 2. The summed E-state index contributed by atoms with van der Waals surface area (Å²) in [6, 6.07) is 16.7. The number of benzene rings is 2. The van der Waals surface area contributed by atoms with Crippen LogP contribution in [0.2, 0.25) is 0 Å². The number of amides is 4. The van der Waals surface area contributed by atoms with E-state index in [0.717, 1.165) is 16.5 Å². The Labute approximate surface area is 292 Å². The van der Waals surface area contributed by atoms with Gasteiger partial charge in [-0.25, -0.2) is 0 Å². The number of anilines is 1. The van der Waals surface area contributed by atoms with Crippen LogP contribution in [0, 0.1) is 0 Å². The smallest absolute Gasteiger partial charge is 0.249 e. The first kappa shape index (κ1) is 39.7. The predicted molar refractivity (Wildman–Crippen MR) is 187 cm³/mol. The van der Waals surface area contributed by atoms with Crippen molar-refractivity contribution >= 4 is 77.4 Å². The van der Waals surface area contributed by atoms with Gasteiger partial charge in [0.2, 0.25) is 23.6 Å². The molecule has 3 aromatic rings. The lowest BCUT2D eigenvalue weighted by atomic mass is 10.1. The van der Waals surface area contributed by atoms with Crippen LogP contribution in [0.4, 0.5) is 5.69 Å². The van der Waals surface area contributed by atoms with Crippen LogP contribution >= 0.6 is 37.2 Å². The number of carbonyl (C=O) groups is 4. The van der Waals surface area contributed by atoms with Crippen LogP contribution in [0.3, 0.4) is 0 Å². The highest BCUT2D eigenvalue weighted by Crippen LogP contribution is 2.24. The highest BCUT2D eigenvalue weighted by molar-refractivity contribution is 5.99. The number of aliphatic hydroxyl groups excluding tert-OH is 1. The Balaban J connectivity index is 0.00000256. The molecule has 1 aromatic heterocycles. The Morgan fingerprint density at radius 2 is 1.70 bits per heavy atom. The van der Waals surface area contributed by atoms with Gasteiger partial charge in [-0.05, 0) is 50.4 Å². The first-order valence-corrected chi connectivity index (χ1v) is 15.0. The Bertz CT molecular complexity index is 1500. The molecule has 47 heavy (non-hydrogen) atoms. The number of aliphatic hydroxyl groups is 1. The maximum Gasteiger partial charge on any atom is 0.249 e. The summed E-state index contributed by atoms with van der Waals surface area (Å²) in [5, 5.41) is 26.0. The Kier molecular flexibility index (Phi) is 15.8. The molecule has 0 radical (unpaired) electrons. The fraction of sp³-hybridized carbons (Fsp3) is 0.406. The number of likely N-dealkylation sites (N-methyl/N-ethyl adjacent to an activating group) is 1. The molecule has 12 nitrogen and oxygen atoms in total. The van der Waals surface area contributed by atoms with Crippen molar-refractivity contribution in [2.45, 2.75) is 56.0 Å². The van der Waals surface area contributed by atoms with Gasteiger partial charge in [0.1, 0.15) is 12.1 Å². The van der Waals surface area contributed by atoms with Gasteiger partial charge in [-0.3, -0.25) is 24.2 Å². The second-order valence-corrected chi connectivity index (χ2v) is 11.4. The van der Waals surface area contributed by atoms with E-state index in [1.165, 1.54) is 4.90 Å². The first-order chi connectivity index (χ1) is 21.3. The highest BCUT2D eigenvalue weighted by atomic mass is 35.5. The lowest BCUT2D eigenvalue weighted by Crippen LogP contribution is -2.50. The van der Waals surface area contributed by atoms with Gasteiger partial charge in [-0.1, -0.05) is 48.5 Å². The molecule has 0 spiro atoms. The molecule has 2 aromatic carbocycles. The number of pyridine rings is 1. The normalized spacial score (nSPS) is 20.6. The zero-order valence-corrected chi connectivity index (χ0v) is 28.3. The van der Waals surface area contributed by atoms with E-state index in [0.29, 0.717) is 25.1 Å². The van der Waals surface area contributed by atoms with E-state index in [9.17, 15) is 24.3 Å². The third kappa shape index (κ3) is 10.5. The van der Waals surface area contributed by atoms with Gasteiger partial charge in [0.15, 0.2) is 0 Å². The average Bonchev–Trinajstić information content (AvgIpc) is 3.67. The molecule has 2 aliphatic rings. The van der Waals surface area contributed by atoms with E-state index in [2.05, 4.69) is 31.6 Å². The topological polar surface area (TPSA) is 165 Å². The molecule has 4 amide bonds. The van der Waals surface area contributed by atoms with Crippen molar-refractivity contribution in [1.82, 2.24) is 31.2 Å². The largest absolute Gasteiger partial charge is 0.383 e. The first-order valence-electron chi connectivity index (χ1n) is 15.0. The van der Waals surface area contributed by atoms with Crippen LogP contribution in [0.5, 0.6) is 0 Å². The van der Waals surface area contributed by atoms with Crippen molar-refractivity contribution in [2.75, 3.05) is 32.0 Å². The minimum atomic E-state index is -1.23. The number of hydrogen-bond donors (Lipinski definition) is 6. The minimum absolute atomic E-state index is 0. The SMILES string of the molecule is CNCC(=O)N[C@H]1CN[C@H](C(=O)N2C[C@H](NC(=O)[C@H](O)CCc3ccccc3)C[C@H]2C(=O)Nc2cnc3ccccc3c2)C1.Cl.Cl.Cl. The van der Waals surface area contributed by atoms with Crippen LogP contribution in [-0.2, 0) is 25.6 Å². The van der Waals surface area contributed by atoms with Gasteiger partial charge in [0, 0.05) is 30.6 Å². The van der Waals surface area contributed by atoms with Crippen molar-refractivity contribution in [2.24, 2.45) is 0 Å². The number of para-hydroxylation sites is 1. The fourth-order valence-corrected chi connectivity index (χ4v) is 5.85. The van der Waals surface area contributed by atoms with Crippen LogP contribution in [0.15, 0.2) is 66.9 Å². The van der Waals surface area contributed by atoms with Gasteiger partial charge < -0.3 is 36.6 Å². The molecular weight excluding hydrogens is 669 g/mol. The number of likely N-dealkylation sites (tertiary alicyclic amines) is 1. The molecular formula is C32H42Cl3N7O5. The molecule has 5 rings (SSSR count). The molecule has 6 N–H and O–H groups in total. The maximum atomic E-state index is 13.8. The standard InChI is InChI=1S/C32H39N7O5.3ClH/c1-33-18-29(41)36-23-14-26(35-17-23)32(44)39-19-24(38-31(43)28(40)12-11-20-7-3-2-4-8-20)15-27(39)30(42)37-22-13-21-9-5-6-10-25(21)34-16-22;;;/h2-10,13,16,23-24,26-28,33,35,40H,11-12,14-15,17-19H2,1H3,(H,36,41)(H,37,42)(H,38,43);3*1H/t23-,24-,26+,27+,28-;;;/m1.../s1. The molecule has 0 aliphatic carbocycles. The molecule has 0 bridgehead atoms. The molecule has 2 fully saturated rings. The number of nitrogens with one attached hydrogen (secondary N) is 5. The van der Waals surface area contributed by atoms with Crippen LogP contribution in [-0.4, -0.2) is 95.6 Å². The highest BCUT2D eigenvalue weighted by Gasteiger charge is 2.44. The van der Waals surface area contributed by atoms with Crippen LogP contribution in [0.1, 0.15) is 24.8 Å². The molecule has 2 saturated heterocycles. The maximum absolute atomic E-state index is 13.8. The molecule has 15 heteroatoms. The summed E-state index contributed by atoms with van der Waals surface area (Å²) in [5.74, 6) is -1.38. The van der Waals surface area contributed by atoms with Crippen molar-refractivity contribution < 1.29 is 24.3 Å². The van der Waals surface area contributed by atoms with Crippen LogP contribution < -0.4 is 26.6 Å². The van der Waals surface area contributed by atoms with E-state index < -0.39 is 36.0 Å². The second kappa shape index (κ2) is 18.7. The third-order valence-corrected chi connectivity index (χ3v) is 8.07. The van der Waals surface area contributed by atoms with Gasteiger partial charge in [-0.15, -0.1) is 37.2 Å². The molecule has 0 saturated carbocycles. The average molecular weight is 711 g/mol. The van der Waals surface area contributed by atoms with Gasteiger partial charge in [0.05, 0.1) is 30.0 Å². The number of halogens is 3. The quantitative estimate of drug-likeness (QED) is 0.175. The summed E-state index contributed by atoms with van der Waals surface area (Å²) in [7, 11) is 1.68. The Hall–Kier alpha value is -3.52. The van der Waals surface area contributed by atoms with Gasteiger partial charge in [0.25, 0.3) is 0 Å². The number of rotatable bonds is 11. The summed E-state index contributed by atoms with van der Waals surface area (Å²) in [6.45, 7) is 0.706. The molecule has 3 heterocycles. The van der Waals surface area contributed by atoms with Crippen molar-refractivity contribution in [3.05, 3.63) is 72.4 Å². The summed E-state index contributed by atoms with van der Waals surface area (Å²) in [5.41, 5.74) is 2.30. The van der Waals surface area contributed by atoms with Crippen molar-refractivity contribution in [3.8, 4) is 0 Å². The summed E-state index contributed by atoms with van der Waals surface area (Å²) < 4.78 is 0. The number of aryl methyl sites for hydroxylation is 1. The number of carbonyl (C=O) groups excluding carboxylic acids is 4. The minimum Gasteiger partial charge on any atom is -0.383 e. The second-order valence-electron chi connectivity index (χ2n) is 11.4. The van der Waals surface area contributed by atoms with Gasteiger partial charge in [-0.2, -0.15) is 0 Å². The van der Waals surface area contributed by atoms with Crippen molar-refractivity contribution in [3.63, 3.8) is 0 Å². The van der Waals surface area contributed by atoms with E-state index in [1.807, 2.05) is 60.7 Å². The molecule has 5 atom stereocenters. The van der Waals surface area contributed by atoms with Crippen molar-refractivity contribution in [1.29, 1.82) is 0 Å². The number of aromatic nitrogens is 1. The summed E-state index contributed by atoms with van der Waals surface area (Å²) >= 11 is 0. The van der Waals surface area contributed by atoms with E-state index >= 15 is 0 Å². The number of hydrogen-bond acceptors (Lipinski definition) is 8. The third-order valence-electron chi connectivity index (χ3n) is 8.07. The van der Waals surface area contributed by atoms with E-state index in [1.54, 1.807) is 13.2 Å². The lowest BCUT2D eigenvalue weighted by molar-refractivity contribution is -0.138. The summed E-state index contributed by atoms with van der Waals surface area (Å²) in [6.07, 6.45) is 1.69. The Morgan fingerprint density at radius 3 is 2.45 bits per heavy atom. The van der Waals surface area contributed by atoms with E-state index in [4.69, 9.17) is 0 Å². The molecule has 2 aliphatic heterocycles. The monoisotopic (exact) mass is 709 g/mol. The predicted octanol–water partition coefficient (Wildman–Crippen LogP) is 1.58. The van der Waals surface area contributed by atoms with Crippen LogP contribution in [0.25, 0.3) is 10.9 Å². The number of fused-ring (bicyclic) bond motifs is 1. The zero-order chi connectivity index (χ0) is 31.1. The van der Waals surface area contributed by atoms with Gasteiger partial charge >= 0.3 is 0 Å². The summed E-state index contributed by atoms with van der Waals surface area (Å²) in [4.78, 5) is 58.2. The molecule has 0 unspecified atom stereocenters. The zero-order valence-electron chi connectivity index (χ0n) is 25.9. The fourth-order valence-electron chi connectivity index (χ4n) is 5.85. The molecule has 256 valence electrons. The lowest BCUT2D eigenvalue weighted by Gasteiger charge is -2.26.